The zero-order chi connectivity index (χ0) is 10.6. The van der Waals surface area contributed by atoms with Crippen molar-refractivity contribution in [3.05, 3.63) is 28.8 Å². The average Bonchev–Trinajstić information content (AvgIpc) is 2.20. The molecule has 0 spiro atoms. The summed E-state index contributed by atoms with van der Waals surface area (Å²) in [5.41, 5.74) is 3.77. The number of hydrogen-bond donors (Lipinski definition) is 0. The van der Waals surface area contributed by atoms with E-state index >= 15 is 0 Å². The van der Waals surface area contributed by atoms with Gasteiger partial charge in [-0.15, -0.1) is 11.6 Å². The Morgan fingerprint density at radius 2 is 2.00 bits per heavy atom. The van der Waals surface area contributed by atoms with E-state index in [1.807, 2.05) is 0 Å². The predicted molar refractivity (Wildman–Crippen MR) is 61.5 cm³/mol. The SMILES string of the molecule is COc1c(CCCCl)ccc(C)c1C. The lowest BCUT2D eigenvalue weighted by Gasteiger charge is -2.12. The first-order valence-corrected chi connectivity index (χ1v) is 5.43. The Labute approximate surface area is 91.0 Å². The molecule has 0 N–H and O–H groups in total. The van der Waals surface area contributed by atoms with Gasteiger partial charge >= 0.3 is 0 Å². The van der Waals surface area contributed by atoms with Crippen LogP contribution in [0, 0.1) is 13.8 Å². The molecule has 1 nitrogen and oxygen atoms in total. The van der Waals surface area contributed by atoms with Crippen LogP contribution in [0.2, 0.25) is 0 Å². The van der Waals surface area contributed by atoms with Crippen LogP contribution in [-0.2, 0) is 6.42 Å². The first-order valence-electron chi connectivity index (χ1n) is 4.89. The number of methoxy groups -OCH3 is 1. The van der Waals surface area contributed by atoms with E-state index in [1.54, 1.807) is 7.11 Å². The van der Waals surface area contributed by atoms with E-state index in [1.165, 1.54) is 16.7 Å². The van der Waals surface area contributed by atoms with Gasteiger partial charge < -0.3 is 4.74 Å². The zero-order valence-corrected chi connectivity index (χ0v) is 9.82. The highest BCUT2D eigenvalue weighted by Crippen LogP contribution is 2.27. The van der Waals surface area contributed by atoms with Gasteiger partial charge in [-0.25, -0.2) is 0 Å². The Bertz CT molecular complexity index is 307. The van der Waals surface area contributed by atoms with Crippen molar-refractivity contribution in [2.75, 3.05) is 13.0 Å². The fourth-order valence-corrected chi connectivity index (χ4v) is 1.72. The van der Waals surface area contributed by atoms with Crippen LogP contribution >= 0.6 is 11.6 Å². The molecule has 0 aliphatic carbocycles. The van der Waals surface area contributed by atoms with Crippen LogP contribution < -0.4 is 4.74 Å². The van der Waals surface area contributed by atoms with Gasteiger partial charge in [0.2, 0.25) is 0 Å². The maximum Gasteiger partial charge on any atom is 0.125 e. The third-order valence-electron chi connectivity index (χ3n) is 2.54. The number of benzene rings is 1. The maximum atomic E-state index is 5.68. The molecule has 0 saturated heterocycles. The van der Waals surface area contributed by atoms with E-state index in [2.05, 4.69) is 26.0 Å². The van der Waals surface area contributed by atoms with Gasteiger partial charge in [-0.2, -0.15) is 0 Å². The topological polar surface area (TPSA) is 9.23 Å². The van der Waals surface area contributed by atoms with Gasteiger partial charge in [0.05, 0.1) is 7.11 Å². The summed E-state index contributed by atoms with van der Waals surface area (Å²) < 4.78 is 5.41. The third-order valence-corrected chi connectivity index (χ3v) is 2.81. The second-order valence-electron chi connectivity index (χ2n) is 3.49. The molecule has 0 aliphatic heterocycles. The summed E-state index contributed by atoms with van der Waals surface area (Å²) in [7, 11) is 1.73. The minimum Gasteiger partial charge on any atom is -0.496 e. The molecule has 1 aromatic carbocycles. The molecule has 1 aromatic rings. The molecule has 0 radical (unpaired) electrons. The second kappa shape index (κ2) is 5.26. The van der Waals surface area contributed by atoms with E-state index in [4.69, 9.17) is 16.3 Å². The third kappa shape index (κ3) is 2.42. The fourth-order valence-electron chi connectivity index (χ4n) is 1.58. The minimum atomic E-state index is 0.704. The molecule has 14 heavy (non-hydrogen) atoms. The molecule has 0 atom stereocenters. The van der Waals surface area contributed by atoms with Crippen LogP contribution in [0.4, 0.5) is 0 Å². The summed E-state index contributed by atoms with van der Waals surface area (Å²) in [5.74, 6) is 1.73. The van der Waals surface area contributed by atoms with E-state index in [-0.39, 0.29) is 0 Å². The van der Waals surface area contributed by atoms with Crippen molar-refractivity contribution < 1.29 is 4.74 Å². The van der Waals surface area contributed by atoms with Gasteiger partial charge in [0.15, 0.2) is 0 Å². The highest BCUT2D eigenvalue weighted by Gasteiger charge is 2.07. The fraction of sp³-hybridized carbons (Fsp3) is 0.500. The standard InChI is InChI=1S/C12H17ClO/c1-9-6-7-11(5-4-8-13)12(14-3)10(9)2/h6-7H,4-5,8H2,1-3H3. The van der Waals surface area contributed by atoms with Gasteiger partial charge in [0.25, 0.3) is 0 Å². The lowest BCUT2D eigenvalue weighted by Crippen LogP contribution is -1.97. The Kier molecular flexibility index (Phi) is 4.27. The van der Waals surface area contributed by atoms with Crippen LogP contribution in [-0.4, -0.2) is 13.0 Å². The van der Waals surface area contributed by atoms with Gasteiger partial charge in [-0.05, 0) is 43.4 Å². The van der Waals surface area contributed by atoms with Gasteiger partial charge in [0.1, 0.15) is 5.75 Å². The largest absolute Gasteiger partial charge is 0.496 e. The summed E-state index contributed by atoms with van der Waals surface area (Å²) in [6.07, 6.45) is 1.99. The highest BCUT2D eigenvalue weighted by atomic mass is 35.5. The molecule has 0 bridgehead atoms. The summed E-state index contributed by atoms with van der Waals surface area (Å²) >= 11 is 5.68. The van der Waals surface area contributed by atoms with Crippen LogP contribution in [0.1, 0.15) is 23.1 Å². The van der Waals surface area contributed by atoms with Crippen molar-refractivity contribution in [2.24, 2.45) is 0 Å². The van der Waals surface area contributed by atoms with E-state index in [0.29, 0.717) is 5.88 Å². The maximum absolute atomic E-state index is 5.68. The van der Waals surface area contributed by atoms with Gasteiger partial charge in [-0.1, -0.05) is 12.1 Å². The number of alkyl halides is 1. The van der Waals surface area contributed by atoms with Crippen molar-refractivity contribution in [1.29, 1.82) is 0 Å². The lowest BCUT2D eigenvalue weighted by atomic mass is 10.0. The normalized spacial score (nSPS) is 10.3. The van der Waals surface area contributed by atoms with E-state index in [9.17, 15) is 0 Å². The van der Waals surface area contributed by atoms with E-state index < -0.39 is 0 Å². The van der Waals surface area contributed by atoms with Crippen LogP contribution in [0.25, 0.3) is 0 Å². The lowest BCUT2D eigenvalue weighted by molar-refractivity contribution is 0.406. The molecule has 0 saturated carbocycles. The highest BCUT2D eigenvalue weighted by molar-refractivity contribution is 6.17. The van der Waals surface area contributed by atoms with Gasteiger partial charge in [-0.3, -0.25) is 0 Å². The molecule has 0 fully saturated rings. The Morgan fingerprint density at radius 1 is 1.29 bits per heavy atom. The predicted octanol–water partition coefficient (Wildman–Crippen LogP) is 3.48. The first-order chi connectivity index (χ1) is 6.70. The number of rotatable bonds is 4. The van der Waals surface area contributed by atoms with E-state index in [0.717, 1.165) is 18.6 Å². The summed E-state index contributed by atoms with van der Waals surface area (Å²) in [6.45, 7) is 4.20. The Hall–Kier alpha value is -0.690. The molecule has 0 unspecified atom stereocenters. The Morgan fingerprint density at radius 3 is 2.57 bits per heavy atom. The number of aryl methyl sites for hydroxylation is 2. The van der Waals surface area contributed by atoms with Crippen molar-refractivity contribution >= 4 is 11.6 Å². The van der Waals surface area contributed by atoms with Crippen LogP contribution in [0.15, 0.2) is 12.1 Å². The van der Waals surface area contributed by atoms with Crippen molar-refractivity contribution in [1.82, 2.24) is 0 Å². The molecule has 78 valence electrons. The first kappa shape index (κ1) is 11.4. The molecule has 2 heteroatoms. The molecule has 1 rings (SSSR count). The van der Waals surface area contributed by atoms with Crippen molar-refractivity contribution in [3.8, 4) is 5.75 Å². The average molecular weight is 213 g/mol. The molecule has 0 heterocycles. The molecular formula is C12H17ClO. The molecule has 0 aliphatic rings. The van der Waals surface area contributed by atoms with Crippen LogP contribution in [0.5, 0.6) is 5.75 Å². The van der Waals surface area contributed by atoms with Gasteiger partial charge in [0, 0.05) is 5.88 Å². The molecule has 0 aromatic heterocycles. The number of hydrogen-bond acceptors (Lipinski definition) is 1. The summed E-state index contributed by atoms with van der Waals surface area (Å²) in [4.78, 5) is 0. The summed E-state index contributed by atoms with van der Waals surface area (Å²) in [6, 6.07) is 4.27. The minimum absolute atomic E-state index is 0.704. The Balaban J connectivity index is 2.98. The quantitative estimate of drug-likeness (QED) is 0.695. The number of halogens is 1. The smallest absolute Gasteiger partial charge is 0.125 e. The summed E-state index contributed by atoms with van der Waals surface area (Å²) in [5, 5.41) is 0. The number of ether oxygens (including phenoxy) is 1. The molecule has 0 amide bonds. The van der Waals surface area contributed by atoms with Crippen molar-refractivity contribution in [2.45, 2.75) is 26.7 Å². The van der Waals surface area contributed by atoms with Crippen LogP contribution in [0.3, 0.4) is 0 Å². The molecular weight excluding hydrogens is 196 g/mol. The monoisotopic (exact) mass is 212 g/mol. The zero-order valence-electron chi connectivity index (χ0n) is 9.06. The van der Waals surface area contributed by atoms with Crippen molar-refractivity contribution in [3.63, 3.8) is 0 Å². The second-order valence-corrected chi connectivity index (χ2v) is 3.87.